The first-order valence-electron chi connectivity index (χ1n) is 6.36. The first-order chi connectivity index (χ1) is 9.63. The van der Waals surface area contributed by atoms with E-state index in [1.807, 2.05) is 12.1 Å². The molecule has 0 saturated carbocycles. The van der Waals surface area contributed by atoms with E-state index < -0.39 is 5.97 Å². The molecule has 102 valence electrons. The molecule has 1 aliphatic heterocycles. The van der Waals surface area contributed by atoms with E-state index in [1.54, 1.807) is 6.07 Å². The molecule has 0 radical (unpaired) electrons. The van der Waals surface area contributed by atoms with Crippen molar-refractivity contribution in [3.05, 3.63) is 58.2 Å². The van der Waals surface area contributed by atoms with Crippen molar-refractivity contribution >= 4 is 23.4 Å². The number of rotatable bonds is 2. The van der Waals surface area contributed by atoms with E-state index in [9.17, 15) is 4.79 Å². The number of hydrogen-bond acceptors (Lipinski definition) is 3. The lowest BCUT2D eigenvalue weighted by atomic mass is 10.00. The number of halogens is 1. The van der Waals surface area contributed by atoms with E-state index in [0.29, 0.717) is 5.82 Å². The van der Waals surface area contributed by atoms with Gasteiger partial charge in [-0.3, -0.25) is 0 Å². The van der Waals surface area contributed by atoms with E-state index >= 15 is 0 Å². The summed E-state index contributed by atoms with van der Waals surface area (Å²) in [5, 5.41) is 9.29. The maximum Gasteiger partial charge on any atom is 0.335 e. The molecule has 0 unspecified atom stereocenters. The van der Waals surface area contributed by atoms with Gasteiger partial charge in [-0.2, -0.15) is 0 Å². The Kier molecular flexibility index (Phi) is 3.32. The molecule has 1 N–H and O–H groups in total. The van der Waals surface area contributed by atoms with Crippen LogP contribution < -0.4 is 4.90 Å². The van der Waals surface area contributed by atoms with Crippen LogP contribution in [-0.2, 0) is 13.0 Å². The lowest BCUT2D eigenvalue weighted by molar-refractivity contribution is 0.0697. The standard InChI is InChI=1S/C15H13ClN2O2/c16-13-7-12(15(19)20)8-14(17-13)18-6-5-10-3-1-2-4-11(10)9-18/h1-4,7-8H,5-6,9H2,(H,19,20). The topological polar surface area (TPSA) is 53.4 Å². The number of fused-ring (bicyclic) bond motifs is 1. The van der Waals surface area contributed by atoms with Crippen LogP contribution in [0.15, 0.2) is 36.4 Å². The van der Waals surface area contributed by atoms with Crippen molar-refractivity contribution < 1.29 is 9.90 Å². The van der Waals surface area contributed by atoms with Gasteiger partial charge in [0.2, 0.25) is 0 Å². The molecular weight excluding hydrogens is 276 g/mol. The fourth-order valence-electron chi connectivity index (χ4n) is 2.46. The van der Waals surface area contributed by atoms with Crippen LogP contribution in [0.4, 0.5) is 5.82 Å². The highest BCUT2D eigenvalue weighted by molar-refractivity contribution is 6.29. The summed E-state index contributed by atoms with van der Waals surface area (Å²) in [6, 6.07) is 11.2. The Hall–Kier alpha value is -2.07. The number of aromatic nitrogens is 1. The molecule has 0 bridgehead atoms. The molecule has 3 rings (SSSR count). The Balaban J connectivity index is 1.93. The summed E-state index contributed by atoms with van der Waals surface area (Å²) < 4.78 is 0. The van der Waals surface area contributed by atoms with Crippen LogP contribution in [-0.4, -0.2) is 22.6 Å². The van der Waals surface area contributed by atoms with Gasteiger partial charge < -0.3 is 10.0 Å². The highest BCUT2D eigenvalue weighted by atomic mass is 35.5. The Labute approximate surface area is 121 Å². The Morgan fingerprint density at radius 1 is 1.25 bits per heavy atom. The fourth-order valence-corrected chi connectivity index (χ4v) is 2.66. The summed E-state index contributed by atoms with van der Waals surface area (Å²) in [5.74, 6) is -0.377. The minimum atomic E-state index is -0.993. The summed E-state index contributed by atoms with van der Waals surface area (Å²) >= 11 is 5.91. The normalized spacial score (nSPS) is 13.9. The van der Waals surface area contributed by atoms with Gasteiger partial charge in [0, 0.05) is 13.1 Å². The number of benzene rings is 1. The lowest BCUT2D eigenvalue weighted by Crippen LogP contribution is -2.31. The second-order valence-electron chi connectivity index (χ2n) is 4.78. The molecular formula is C15H13ClN2O2. The van der Waals surface area contributed by atoms with Crippen molar-refractivity contribution in [3.63, 3.8) is 0 Å². The third kappa shape index (κ3) is 2.47. The van der Waals surface area contributed by atoms with Crippen LogP contribution in [0.3, 0.4) is 0 Å². The summed E-state index contributed by atoms with van der Waals surface area (Å²) in [4.78, 5) is 17.4. The van der Waals surface area contributed by atoms with Crippen molar-refractivity contribution in [2.75, 3.05) is 11.4 Å². The molecule has 20 heavy (non-hydrogen) atoms. The first-order valence-corrected chi connectivity index (χ1v) is 6.74. The molecule has 5 heteroatoms. The maximum atomic E-state index is 11.1. The predicted octanol–water partition coefficient (Wildman–Crippen LogP) is 3.00. The number of nitrogens with zero attached hydrogens (tertiary/aromatic N) is 2. The van der Waals surface area contributed by atoms with Gasteiger partial charge in [-0.15, -0.1) is 0 Å². The molecule has 0 aliphatic carbocycles. The third-order valence-corrected chi connectivity index (χ3v) is 3.68. The zero-order valence-corrected chi connectivity index (χ0v) is 11.5. The summed E-state index contributed by atoms with van der Waals surface area (Å²) in [5.41, 5.74) is 2.75. The minimum absolute atomic E-state index is 0.166. The van der Waals surface area contributed by atoms with Crippen molar-refractivity contribution in [2.24, 2.45) is 0 Å². The number of carboxylic acids is 1. The van der Waals surface area contributed by atoms with Gasteiger partial charge in [0.05, 0.1) is 5.56 Å². The second kappa shape index (κ2) is 5.13. The molecule has 2 aromatic rings. The van der Waals surface area contributed by atoms with E-state index in [0.717, 1.165) is 19.5 Å². The molecule has 0 saturated heterocycles. The van der Waals surface area contributed by atoms with Crippen LogP contribution in [0.2, 0.25) is 5.15 Å². The second-order valence-corrected chi connectivity index (χ2v) is 5.17. The average Bonchev–Trinajstić information content (AvgIpc) is 2.46. The zero-order valence-electron chi connectivity index (χ0n) is 10.7. The van der Waals surface area contributed by atoms with Crippen molar-refractivity contribution in [2.45, 2.75) is 13.0 Å². The molecule has 1 aromatic heterocycles. The third-order valence-electron chi connectivity index (χ3n) is 3.48. The highest BCUT2D eigenvalue weighted by Gasteiger charge is 2.18. The number of anilines is 1. The number of aromatic carboxylic acids is 1. The van der Waals surface area contributed by atoms with E-state index in [1.165, 1.54) is 17.2 Å². The quantitative estimate of drug-likeness (QED) is 0.863. The maximum absolute atomic E-state index is 11.1. The molecule has 1 aliphatic rings. The van der Waals surface area contributed by atoms with Gasteiger partial charge in [0.1, 0.15) is 11.0 Å². The summed E-state index contributed by atoms with van der Waals surface area (Å²) in [6.07, 6.45) is 0.923. The molecule has 2 heterocycles. The van der Waals surface area contributed by atoms with Gasteiger partial charge >= 0.3 is 5.97 Å². The van der Waals surface area contributed by atoms with Crippen LogP contribution >= 0.6 is 11.6 Å². The Morgan fingerprint density at radius 3 is 2.75 bits per heavy atom. The smallest absolute Gasteiger partial charge is 0.335 e. The molecule has 4 nitrogen and oxygen atoms in total. The number of carboxylic acid groups (broad SMARTS) is 1. The van der Waals surface area contributed by atoms with Gasteiger partial charge in [-0.1, -0.05) is 35.9 Å². The summed E-state index contributed by atoms with van der Waals surface area (Å²) in [6.45, 7) is 1.53. The van der Waals surface area contributed by atoms with E-state index in [2.05, 4.69) is 22.0 Å². The minimum Gasteiger partial charge on any atom is -0.478 e. The SMILES string of the molecule is O=C(O)c1cc(Cl)nc(N2CCc3ccccc3C2)c1. The van der Waals surface area contributed by atoms with Crippen LogP contribution in [0.25, 0.3) is 0 Å². The van der Waals surface area contributed by atoms with E-state index in [-0.39, 0.29) is 10.7 Å². The monoisotopic (exact) mass is 288 g/mol. The van der Waals surface area contributed by atoms with Gasteiger partial charge in [-0.05, 0) is 29.7 Å². The van der Waals surface area contributed by atoms with Gasteiger partial charge in [0.25, 0.3) is 0 Å². The summed E-state index contributed by atoms with van der Waals surface area (Å²) in [7, 11) is 0. The average molecular weight is 289 g/mol. The lowest BCUT2D eigenvalue weighted by Gasteiger charge is -2.30. The zero-order chi connectivity index (χ0) is 14.1. The van der Waals surface area contributed by atoms with Crippen LogP contribution in [0.5, 0.6) is 0 Å². The van der Waals surface area contributed by atoms with E-state index in [4.69, 9.17) is 16.7 Å². The first kappa shape index (κ1) is 12.9. The van der Waals surface area contributed by atoms with Crippen molar-refractivity contribution in [1.82, 2.24) is 4.98 Å². The molecule has 0 spiro atoms. The Morgan fingerprint density at radius 2 is 2.00 bits per heavy atom. The number of hydrogen-bond donors (Lipinski definition) is 1. The van der Waals surface area contributed by atoms with Crippen molar-refractivity contribution in [1.29, 1.82) is 0 Å². The van der Waals surface area contributed by atoms with Gasteiger partial charge in [-0.25, -0.2) is 9.78 Å². The largest absolute Gasteiger partial charge is 0.478 e. The molecule has 0 amide bonds. The number of carbonyl (C=O) groups is 1. The van der Waals surface area contributed by atoms with Crippen LogP contribution in [0, 0.1) is 0 Å². The predicted molar refractivity (Wildman–Crippen MR) is 77.4 cm³/mol. The Bertz CT molecular complexity index is 673. The highest BCUT2D eigenvalue weighted by Crippen LogP contribution is 2.25. The fraction of sp³-hybridized carbons (Fsp3) is 0.200. The molecule has 0 fully saturated rings. The van der Waals surface area contributed by atoms with Gasteiger partial charge in [0.15, 0.2) is 0 Å². The molecule has 1 aromatic carbocycles. The molecule has 0 atom stereocenters. The van der Waals surface area contributed by atoms with Crippen LogP contribution in [0.1, 0.15) is 21.5 Å². The van der Waals surface area contributed by atoms with Crippen molar-refractivity contribution in [3.8, 4) is 0 Å². The number of pyridine rings is 1.